The minimum Gasteiger partial charge on any atom is -0.257 e. The third-order valence-electron chi connectivity index (χ3n) is 1.06. The van der Waals surface area contributed by atoms with Crippen molar-refractivity contribution in [2.24, 2.45) is 15.2 Å². The summed E-state index contributed by atoms with van der Waals surface area (Å²) in [7, 11) is 0. The fourth-order valence-electron chi connectivity index (χ4n) is 0.639. The Morgan fingerprint density at radius 2 is 2.27 bits per heavy atom. The molecule has 11 heavy (non-hydrogen) atoms. The van der Waals surface area contributed by atoms with Crippen LogP contribution in [0.3, 0.4) is 0 Å². The quantitative estimate of drug-likeness (QED) is 0.609. The first-order valence-electron chi connectivity index (χ1n) is 2.76. The molecule has 1 aliphatic heterocycles. The maximum absolute atomic E-state index is 4.66. The first kappa shape index (κ1) is 6.23. The molecule has 6 nitrogen and oxygen atoms in total. The van der Waals surface area contributed by atoms with Crippen LogP contribution in [0.15, 0.2) is 21.5 Å². The highest BCUT2D eigenvalue weighted by Crippen LogP contribution is 2.03. The van der Waals surface area contributed by atoms with Crippen LogP contribution >= 0.6 is 12.2 Å². The Morgan fingerprint density at radius 1 is 1.36 bits per heavy atom. The second kappa shape index (κ2) is 2.27. The Balaban J connectivity index is 2.40. The maximum atomic E-state index is 4.66. The number of amidine groups is 1. The molecule has 2 rings (SSSR count). The van der Waals surface area contributed by atoms with Crippen LogP contribution in [-0.4, -0.2) is 26.1 Å². The maximum Gasteiger partial charge on any atom is 0.242 e. The normalized spacial score (nSPS) is 15.6. The fraction of sp³-hybridized carbons (Fsp3) is 0. The Morgan fingerprint density at radius 3 is 2.82 bits per heavy atom. The van der Waals surface area contributed by atoms with Gasteiger partial charge in [0.1, 0.15) is 6.33 Å². The van der Waals surface area contributed by atoms with Gasteiger partial charge in [-0.15, -0.1) is 10.2 Å². The van der Waals surface area contributed by atoms with E-state index in [1.54, 1.807) is 0 Å². The van der Waals surface area contributed by atoms with Gasteiger partial charge in [-0.1, -0.05) is 0 Å². The molecule has 0 unspecified atom stereocenters. The van der Waals surface area contributed by atoms with Gasteiger partial charge in [0.2, 0.25) is 10.9 Å². The van der Waals surface area contributed by atoms with E-state index in [1.165, 1.54) is 6.33 Å². The molecule has 0 fully saturated rings. The third kappa shape index (κ3) is 1.05. The van der Waals surface area contributed by atoms with Gasteiger partial charge in [0, 0.05) is 0 Å². The van der Waals surface area contributed by atoms with Crippen molar-refractivity contribution in [3.8, 4) is 0 Å². The highest BCUT2D eigenvalue weighted by molar-refractivity contribution is 7.80. The zero-order valence-electron chi connectivity index (χ0n) is 5.22. The molecule has 0 aliphatic carbocycles. The van der Waals surface area contributed by atoms with Crippen LogP contribution in [0.5, 0.6) is 0 Å². The molecule has 0 amide bonds. The van der Waals surface area contributed by atoms with Crippen LogP contribution in [0.25, 0.3) is 0 Å². The molecule has 0 saturated carbocycles. The predicted octanol–water partition coefficient (Wildman–Crippen LogP) is 0.302. The van der Waals surface area contributed by atoms with Crippen molar-refractivity contribution in [2.75, 3.05) is 0 Å². The molecule has 7 heteroatoms. The number of aliphatic imine (C=N–C) groups is 1. The molecule has 1 aromatic heterocycles. The summed E-state index contributed by atoms with van der Waals surface area (Å²) in [6.07, 6.45) is 1.37. The summed E-state index contributed by atoms with van der Waals surface area (Å²) in [4.78, 5) is 7.63. The Hall–Kier alpha value is -1.50. The molecule has 54 valence electrons. The van der Waals surface area contributed by atoms with Crippen molar-refractivity contribution in [2.45, 2.75) is 0 Å². The molecular formula is C4H2N6S. The molecule has 0 aromatic carbocycles. The highest BCUT2D eigenvalue weighted by atomic mass is 32.1. The van der Waals surface area contributed by atoms with Crippen LogP contribution in [-0.2, 0) is 0 Å². The average molecular weight is 166 g/mol. The largest absolute Gasteiger partial charge is 0.257 e. The van der Waals surface area contributed by atoms with Gasteiger partial charge in [-0.3, -0.25) is 5.10 Å². The number of thiocarbonyl (C=S) groups is 1. The summed E-state index contributed by atoms with van der Waals surface area (Å²) in [6.45, 7) is 0. The second-order valence-corrected chi connectivity index (χ2v) is 2.12. The number of azo groups is 1. The van der Waals surface area contributed by atoms with Gasteiger partial charge in [0.05, 0.1) is 0 Å². The number of nitrogens with one attached hydrogen (secondary N) is 1. The third-order valence-corrected chi connectivity index (χ3v) is 1.23. The van der Waals surface area contributed by atoms with E-state index in [0.29, 0.717) is 11.7 Å². The minimum atomic E-state index is 0.219. The molecule has 0 bridgehead atoms. The summed E-state index contributed by atoms with van der Waals surface area (Å²) >= 11 is 4.66. The van der Waals surface area contributed by atoms with Crippen molar-refractivity contribution >= 4 is 23.2 Å². The standard InChI is InChI=1S/C4H2N6S/c11-4-7-3(9-10-4)2-5-1-6-8-2/h1H,(H,5,6,8). The number of hydrogen-bond acceptors (Lipinski definition) is 4. The second-order valence-electron chi connectivity index (χ2n) is 1.75. The van der Waals surface area contributed by atoms with Crippen molar-refractivity contribution in [3.05, 3.63) is 12.2 Å². The van der Waals surface area contributed by atoms with Crippen LogP contribution in [0.2, 0.25) is 0 Å². The number of nitrogens with zero attached hydrogens (tertiary/aromatic N) is 5. The van der Waals surface area contributed by atoms with Gasteiger partial charge >= 0.3 is 0 Å². The fourth-order valence-corrected chi connectivity index (χ4v) is 0.766. The van der Waals surface area contributed by atoms with Gasteiger partial charge < -0.3 is 0 Å². The zero-order chi connectivity index (χ0) is 7.68. The number of rotatable bonds is 1. The molecule has 0 saturated heterocycles. The van der Waals surface area contributed by atoms with Crippen molar-refractivity contribution in [1.29, 1.82) is 0 Å². The van der Waals surface area contributed by atoms with Crippen molar-refractivity contribution in [3.63, 3.8) is 0 Å². The van der Waals surface area contributed by atoms with E-state index < -0.39 is 0 Å². The first-order chi connectivity index (χ1) is 5.36. The molecule has 1 aromatic rings. The van der Waals surface area contributed by atoms with E-state index in [2.05, 4.69) is 42.6 Å². The molecular weight excluding hydrogens is 164 g/mol. The van der Waals surface area contributed by atoms with Crippen LogP contribution in [0, 0.1) is 0 Å². The molecule has 0 radical (unpaired) electrons. The summed E-state index contributed by atoms with van der Waals surface area (Å²) in [5.74, 6) is 0.862. The van der Waals surface area contributed by atoms with Gasteiger partial charge in [0.15, 0.2) is 5.82 Å². The van der Waals surface area contributed by atoms with Crippen LogP contribution < -0.4 is 0 Å². The number of hydrogen-bond donors (Lipinski definition) is 1. The Kier molecular flexibility index (Phi) is 1.29. The van der Waals surface area contributed by atoms with Crippen LogP contribution in [0.4, 0.5) is 0 Å². The van der Waals surface area contributed by atoms with Crippen molar-refractivity contribution in [1.82, 2.24) is 15.2 Å². The molecule has 0 atom stereocenters. The lowest BCUT2D eigenvalue weighted by Crippen LogP contribution is -1.96. The number of aromatic nitrogens is 3. The van der Waals surface area contributed by atoms with E-state index in [-0.39, 0.29) is 5.11 Å². The van der Waals surface area contributed by atoms with Gasteiger partial charge in [0.25, 0.3) is 0 Å². The summed E-state index contributed by atoms with van der Waals surface area (Å²) in [5, 5.41) is 13.6. The highest BCUT2D eigenvalue weighted by Gasteiger charge is 2.11. The molecule has 1 N–H and O–H groups in total. The summed E-state index contributed by atoms with van der Waals surface area (Å²) in [6, 6.07) is 0. The summed E-state index contributed by atoms with van der Waals surface area (Å²) < 4.78 is 0. The summed E-state index contributed by atoms with van der Waals surface area (Å²) in [5.41, 5.74) is 0. The van der Waals surface area contributed by atoms with E-state index in [0.717, 1.165) is 0 Å². The van der Waals surface area contributed by atoms with Crippen LogP contribution in [0.1, 0.15) is 5.82 Å². The number of aromatic amines is 1. The SMILES string of the molecule is S=C1N=NC(c2ncn[nH]2)=N1. The Bertz CT molecular complexity index is 335. The first-order valence-corrected chi connectivity index (χ1v) is 3.17. The monoisotopic (exact) mass is 166 g/mol. The minimum absolute atomic E-state index is 0.219. The number of H-pyrrole nitrogens is 1. The molecule has 1 aliphatic rings. The molecule has 0 spiro atoms. The van der Waals surface area contributed by atoms with E-state index >= 15 is 0 Å². The average Bonchev–Trinajstić information content (AvgIpc) is 2.55. The zero-order valence-corrected chi connectivity index (χ0v) is 6.04. The van der Waals surface area contributed by atoms with Gasteiger partial charge in [-0.2, -0.15) is 10.1 Å². The lowest BCUT2D eigenvalue weighted by molar-refractivity contribution is 1.07. The smallest absolute Gasteiger partial charge is 0.242 e. The van der Waals surface area contributed by atoms with Gasteiger partial charge in [-0.05, 0) is 12.2 Å². The van der Waals surface area contributed by atoms with E-state index in [1.807, 2.05) is 0 Å². The Labute approximate surface area is 66.5 Å². The van der Waals surface area contributed by atoms with E-state index in [4.69, 9.17) is 0 Å². The van der Waals surface area contributed by atoms with E-state index in [9.17, 15) is 0 Å². The lowest BCUT2D eigenvalue weighted by Gasteiger charge is -1.82. The molecule has 2 heterocycles. The topological polar surface area (TPSA) is 78.6 Å². The predicted molar refractivity (Wildman–Crippen MR) is 40.4 cm³/mol. The van der Waals surface area contributed by atoms with Crippen molar-refractivity contribution < 1.29 is 0 Å². The lowest BCUT2D eigenvalue weighted by atomic mass is 10.6. The van der Waals surface area contributed by atoms with Gasteiger partial charge in [-0.25, -0.2) is 4.98 Å².